The number of benzene rings is 1. The van der Waals surface area contributed by atoms with E-state index in [1.54, 1.807) is 16.2 Å². The Morgan fingerprint density at radius 1 is 0.969 bits per heavy atom. The van der Waals surface area contributed by atoms with Crippen LogP contribution in [0.4, 0.5) is 5.69 Å². The lowest BCUT2D eigenvalue weighted by molar-refractivity contribution is -0.127. The van der Waals surface area contributed by atoms with Crippen LogP contribution in [0.25, 0.3) is 0 Å². The lowest BCUT2D eigenvalue weighted by Gasteiger charge is -2.34. The molecule has 3 saturated carbocycles. The number of carbonyl (C=O) groups is 2. The highest BCUT2D eigenvalue weighted by Gasteiger charge is 2.42. The lowest BCUT2D eigenvalue weighted by atomic mass is 9.86. The minimum absolute atomic E-state index is 0.0375. The Morgan fingerprint density at radius 2 is 1.78 bits per heavy atom. The number of anilines is 1. The Morgan fingerprint density at radius 3 is 2.44 bits per heavy atom. The van der Waals surface area contributed by atoms with Gasteiger partial charge < -0.3 is 5.32 Å². The van der Waals surface area contributed by atoms with E-state index in [-0.39, 0.29) is 17.9 Å². The first-order valence-corrected chi connectivity index (χ1v) is 13.3. The summed E-state index contributed by atoms with van der Waals surface area (Å²) in [6, 6.07) is 13.4. The first-order chi connectivity index (χ1) is 15.7. The van der Waals surface area contributed by atoms with Crippen LogP contribution in [0.1, 0.15) is 75.1 Å². The molecule has 1 heterocycles. The SMILES string of the molecule is O=C(NC1CCCCC1)C(c1cccs1)N(C(=O)CC1CC2CCC1C2)c1ccccc1. The van der Waals surface area contributed by atoms with Crippen molar-refractivity contribution in [3.63, 3.8) is 0 Å². The number of nitrogens with zero attached hydrogens (tertiary/aromatic N) is 1. The number of carbonyl (C=O) groups excluding carboxylic acids is 2. The zero-order chi connectivity index (χ0) is 21.9. The molecular formula is C27H34N2O2S. The van der Waals surface area contributed by atoms with Gasteiger partial charge in [-0.15, -0.1) is 11.3 Å². The van der Waals surface area contributed by atoms with E-state index in [0.29, 0.717) is 18.3 Å². The third kappa shape index (κ3) is 4.63. The van der Waals surface area contributed by atoms with E-state index in [0.717, 1.165) is 29.3 Å². The van der Waals surface area contributed by atoms with Gasteiger partial charge in [-0.1, -0.05) is 49.9 Å². The van der Waals surface area contributed by atoms with Gasteiger partial charge in [-0.25, -0.2) is 0 Å². The van der Waals surface area contributed by atoms with Crippen LogP contribution in [0, 0.1) is 17.8 Å². The predicted molar refractivity (Wildman–Crippen MR) is 130 cm³/mol. The van der Waals surface area contributed by atoms with Crippen molar-refractivity contribution in [3.8, 4) is 0 Å². The molecule has 0 radical (unpaired) electrons. The minimum atomic E-state index is -0.606. The Bertz CT molecular complexity index is 907. The minimum Gasteiger partial charge on any atom is -0.351 e. The van der Waals surface area contributed by atoms with Crippen molar-refractivity contribution in [2.24, 2.45) is 17.8 Å². The lowest BCUT2D eigenvalue weighted by Crippen LogP contribution is -2.47. The molecule has 3 aliphatic carbocycles. The van der Waals surface area contributed by atoms with Crippen LogP contribution in [-0.2, 0) is 9.59 Å². The summed E-state index contributed by atoms with van der Waals surface area (Å²) in [5.41, 5.74) is 0.817. The van der Waals surface area contributed by atoms with Crippen molar-refractivity contribution in [1.82, 2.24) is 5.32 Å². The number of amides is 2. The van der Waals surface area contributed by atoms with Gasteiger partial charge in [-0.3, -0.25) is 14.5 Å². The largest absolute Gasteiger partial charge is 0.351 e. The summed E-state index contributed by atoms with van der Waals surface area (Å²) in [5.74, 6) is 2.02. The van der Waals surface area contributed by atoms with Crippen molar-refractivity contribution in [3.05, 3.63) is 52.7 Å². The van der Waals surface area contributed by atoms with Crippen LogP contribution < -0.4 is 10.2 Å². The number of para-hydroxylation sites is 1. The maximum Gasteiger partial charge on any atom is 0.248 e. The van der Waals surface area contributed by atoms with E-state index in [4.69, 9.17) is 0 Å². The van der Waals surface area contributed by atoms with Gasteiger partial charge in [0, 0.05) is 23.0 Å². The Kier molecular flexibility index (Phi) is 6.63. The fourth-order valence-electron chi connectivity index (χ4n) is 6.32. The molecule has 3 aliphatic rings. The summed E-state index contributed by atoms with van der Waals surface area (Å²) in [6.45, 7) is 0. The van der Waals surface area contributed by atoms with Gasteiger partial charge in [0.15, 0.2) is 0 Å². The van der Waals surface area contributed by atoms with Gasteiger partial charge in [0.05, 0.1) is 0 Å². The molecule has 4 unspecified atom stereocenters. The number of hydrogen-bond acceptors (Lipinski definition) is 3. The van der Waals surface area contributed by atoms with E-state index in [9.17, 15) is 9.59 Å². The normalized spacial score (nSPS) is 26.1. The second kappa shape index (κ2) is 9.78. The predicted octanol–water partition coefficient (Wildman–Crippen LogP) is 6.10. The summed E-state index contributed by atoms with van der Waals surface area (Å²) in [7, 11) is 0. The molecule has 1 N–H and O–H groups in total. The number of fused-ring (bicyclic) bond motifs is 2. The number of nitrogens with one attached hydrogen (secondary N) is 1. The standard InChI is InChI=1S/C27H34N2O2S/c30-25(18-21-17-19-13-14-20(21)16-19)29(23-10-5-2-6-11-23)26(24-12-7-15-32-24)27(31)28-22-8-3-1-4-9-22/h2,5-7,10-12,15,19-22,26H,1,3-4,8-9,13-14,16-18H2,(H,28,31). The van der Waals surface area contributed by atoms with Crippen molar-refractivity contribution in [1.29, 1.82) is 0 Å². The quantitative estimate of drug-likeness (QED) is 0.554. The monoisotopic (exact) mass is 450 g/mol. The Labute approximate surface area is 195 Å². The van der Waals surface area contributed by atoms with Crippen LogP contribution in [0.2, 0.25) is 0 Å². The smallest absolute Gasteiger partial charge is 0.248 e. The van der Waals surface area contributed by atoms with Crippen molar-refractivity contribution < 1.29 is 9.59 Å². The molecule has 2 aromatic rings. The highest BCUT2D eigenvalue weighted by molar-refractivity contribution is 7.10. The maximum atomic E-state index is 13.9. The number of thiophene rings is 1. The number of rotatable bonds is 7. The molecule has 5 heteroatoms. The van der Waals surface area contributed by atoms with E-state index in [1.807, 2.05) is 47.8 Å². The molecule has 0 saturated heterocycles. The first-order valence-electron chi connectivity index (χ1n) is 12.4. The molecule has 5 rings (SSSR count). The molecular weight excluding hydrogens is 416 g/mol. The molecule has 4 atom stereocenters. The zero-order valence-electron chi connectivity index (χ0n) is 18.7. The van der Waals surface area contributed by atoms with Crippen molar-refractivity contribution in [2.45, 2.75) is 76.3 Å². The highest BCUT2D eigenvalue weighted by Crippen LogP contribution is 2.50. The second-order valence-electron chi connectivity index (χ2n) is 10.00. The summed E-state index contributed by atoms with van der Waals surface area (Å²) < 4.78 is 0. The van der Waals surface area contributed by atoms with Gasteiger partial charge in [0.1, 0.15) is 6.04 Å². The van der Waals surface area contributed by atoms with Crippen LogP contribution in [-0.4, -0.2) is 17.9 Å². The third-order valence-corrected chi connectivity index (χ3v) is 8.82. The van der Waals surface area contributed by atoms with Gasteiger partial charge in [0.2, 0.25) is 11.8 Å². The molecule has 1 aromatic heterocycles. The summed E-state index contributed by atoms with van der Waals surface area (Å²) in [5, 5.41) is 5.31. The Balaban J connectivity index is 1.43. The average molecular weight is 451 g/mol. The van der Waals surface area contributed by atoms with Crippen LogP contribution in [0.5, 0.6) is 0 Å². The summed E-state index contributed by atoms with van der Waals surface area (Å²) in [6.07, 6.45) is 11.3. The maximum absolute atomic E-state index is 13.9. The molecule has 2 amide bonds. The van der Waals surface area contributed by atoms with Gasteiger partial charge >= 0.3 is 0 Å². The molecule has 0 aliphatic heterocycles. The summed E-state index contributed by atoms with van der Waals surface area (Å²) in [4.78, 5) is 30.3. The Hall–Kier alpha value is -2.14. The first kappa shape index (κ1) is 21.7. The van der Waals surface area contributed by atoms with Crippen LogP contribution >= 0.6 is 11.3 Å². The van der Waals surface area contributed by atoms with E-state index >= 15 is 0 Å². The zero-order valence-corrected chi connectivity index (χ0v) is 19.6. The topological polar surface area (TPSA) is 49.4 Å². The third-order valence-electron chi connectivity index (χ3n) is 7.90. The van der Waals surface area contributed by atoms with Gasteiger partial charge in [-0.05, 0) is 73.4 Å². The second-order valence-corrected chi connectivity index (χ2v) is 11.0. The molecule has 3 fully saturated rings. The van der Waals surface area contributed by atoms with E-state index in [2.05, 4.69) is 5.32 Å². The highest BCUT2D eigenvalue weighted by atomic mass is 32.1. The fraction of sp³-hybridized carbons (Fsp3) is 0.556. The molecule has 4 nitrogen and oxygen atoms in total. The van der Waals surface area contributed by atoms with E-state index in [1.165, 1.54) is 44.9 Å². The average Bonchev–Trinajstić information content (AvgIpc) is 3.57. The molecule has 0 spiro atoms. The molecule has 170 valence electrons. The molecule has 2 bridgehead atoms. The van der Waals surface area contributed by atoms with Gasteiger partial charge in [0.25, 0.3) is 0 Å². The van der Waals surface area contributed by atoms with Crippen LogP contribution in [0.15, 0.2) is 47.8 Å². The van der Waals surface area contributed by atoms with Gasteiger partial charge in [-0.2, -0.15) is 0 Å². The van der Waals surface area contributed by atoms with E-state index < -0.39 is 6.04 Å². The molecule has 1 aromatic carbocycles. The van der Waals surface area contributed by atoms with Crippen LogP contribution in [0.3, 0.4) is 0 Å². The summed E-state index contributed by atoms with van der Waals surface area (Å²) >= 11 is 1.56. The van der Waals surface area contributed by atoms with Crippen molar-refractivity contribution in [2.75, 3.05) is 4.90 Å². The number of hydrogen-bond donors (Lipinski definition) is 1. The van der Waals surface area contributed by atoms with Crippen molar-refractivity contribution >= 4 is 28.8 Å². The molecule has 32 heavy (non-hydrogen) atoms. The fourth-order valence-corrected chi connectivity index (χ4v) is 7.14.